The van der Waals surface area contributed by atoms with E-state index in [4.69, 9.17) is 9.69 Å². The van der Waals surface area contributed by atoms with E-state index in [0.29, 0.717) is 0 Å². The molecule has 0 spiro atoms. The molecular weight excluding hydrogens is 247 g/mol. The van der Waals surface area contributed by atoms with Crippen LogP contribution in [0, 0.1) is 6.33 Å². The summed E-state index contributed by atoms with van der Waals surface area (Å²) in [6.07, 6.45) is 6.42. The zero-order valence-electron chi connectivity index (χ0n) is 8.08. The molecule has 0 N–H and O–H groups in total. The average molecular weight is 262 g/mol. The van der Waals surface area contributed by atoms with Crippen molar-refractivity contribution < 1.29 is 26.1 Å². The van der Waals surface area contributed by atoms with Gasteiger partial charge in [0.05, 0.1) is 0 Å². The van der Waals surface area contributed by atoms with Gasteiger partial charge in [0.1, 0.15) is 0 Å². The molecule has 0 aromatic rings. The topological polar surface area (TPSA) is 0 Å². The number of unbranched alkanes of at least 4 members (excludes halogenated alkanes) is 4. The van der Waals surface area contributed by atoms with Crippen LogP contribution in [0.1, 0.15) is 45.4 Å². The van der Waals surface area contributed by atoms with E-state index in [1.807, 2.05) is 0 Å². The van der Waals surface area contributed by atoms with Crippen molar-refractivity contribution in [3.8, 4) is 0 Å². The van der Waals surface area contributed by atoms with Gasteiger partial charge >= 0.3 is 27.0 Å². The minimum absolute atomic E-state index is 0.209. The van der Waals surface area contributed by atoms with Crippen LogP contribution in [0.2, 0.25) is 0 Å². The SMILES string of the molecule is CCCCCCCC(F)=[C-]F.[Cl][Zn+]. The molecule has 0 bridgehead atoms. The quantitative estimate of drug-likeness (QED) is 0.372. The van der Waals surface area contributed by atoms with Gasteiger partial charge in [-0.3, -0.25) is 10.7 Å². The molecule has 0 heterocycles. The van der Waals surface area contributed by atoms with E-state index in [9.17, 15) is 8.78 Å². The first-order chi connectivity index (χ1) is 6.31. The molecule has 0 aliphatic rings. The third kappa shape index (κ3) is 15.3. The van der Waals surface area contributed by atoms with Gasteiger partial charge in [-0.15, -0.1) is 0 Å². The fourth-order valence-corrected chi connectivity index (χ4v) is 0.931. The van der Waals surface area contributed by atoms with E-state index in [1.165, 1.54) is 12.8 Å². The van der Waals surface area contributed by atoms with Gasteiger partial charge in [-0.2, -0.15) is 0 Å². The van der Waals surface area contributed by atoms with Crippen molar-refractivity contribution in [2.24, 2.45) is 0 Å². The molecule has 0 unspecified atom stereocenters. The Bertz CT molecular complexity index is 118. The van der Waals surface area contributed by atoms with Crippen LogP contribution in [0.25, 0.3) is 0 Å². The molecular formula is C9H15ClF2Zn. The van der Waals surface area contributed by atoms with Gasteiger partial charge in [0.2, 0.25) is 0 Å². The molecule has 0 saturated heterocycles. The molecule has 0 saturated carbocycles. The van der Waals surface area contributed by atoms with E-state index in [1.54, 1.807) is 0 Å². The first-order valence-corrected chi connectivity index (χ1v) is 8.35. The number of rotatable bonds is 6. The normalized spacial score (nSPS) is 10.8. The first-order valence-electron chi connectivity index (χ1n) is 4.46. The van der Waals surface area contributed by atoms with E-state index in [2.05, 4.69) is 6.92 Å². The molecule has 0 fully saturated rings. The van der Waals surface area contributed by atoms with Gasteiger partial charge in [-0.05, 0) is 12.8 Å². The van der Waals surface area contributed by atoms with Crippen molar-refractivity contribution in [2.75, 3.05) is 0 Å². The summed E-state index contributed by atoms with van der Waals surface area (Å²) in [7, 11) is 4.76. The van der Waals surface area contributed by atoms with Gasteiger partial charge in [0.15, 0.2) is 0 Å². The first kappa shape index (κ1) is 16.0. The Morgan fingerprint density at radius 3 is 2.23 bits per heavy atom. The predicted octanol–water partition coefficient (Wildman–Crippen LogP) is 4.62. The van der Waals surface area contributed by atoms with Gasteiger partial charge in [0.25, 0.3) is 0 Å². The number of halogens is 3. The van der Waals surface area contributed by atoms with Crippen molar-refractivity contribution in [1.29, 1.82) is 0 Å². The van der Waals surface area contributed by atoms with Crippen LogP contribution in [0.5, 0.6) is 0 Å². The summed E-state index contributed by atoms with van der Waals surface area (Å²) in [4.78, 5) is 0. The van der Waals surface area contributed by atoms with Crippen molar-refractivity contribution in [2.45, 2.75) is 45.4 Å². The molecule has 74 valence electrons. The second-order valence-corrected chi connectivity index (χ2v) is 2.66. The maximum atomic E-state index is 12.1. The molecule has 0 aromatic heterocycles. The van der Waals surface area contributed by atoms with Crippen LogP contribution >= 0.6 is 9.69 Å². The van der Waals surface area contributed by atoms with Gasteiger partial charge < -0.3 is 4.39 Å². The van der Waals surface area contributed by atoms with Crippen molar-refractivity contribution in [3.05, 3.63) is 12.2 Å². The summed E-state index contributed by atoms with van der Waals surface area (Å²) in [5.74, 6) is -0.749. The van der Waals surface area contributed by atoms with E-state index >= 15 is 0 Å². The standard InChI is InChI=1S/C9H15F2.ClH.Zn/c1-2-3-4-5-6-7-9(11)8-10;;/h2-7H2,1H3;1H;/q-1;;+2/p-1. The molecule has 13 heavy (non-hydrogen) atoms. The Balaban J connectivity index is 0. The van der Waals surface area contributed by atoms with E-state index in [0.717, 1.165) is 42.9 Å². The second-order valence-electron chi connectivity index (χ2n) is 2.66. The average Bonchev–Trinajstić information content (AvgIpc) is 2.20. The van der Waals surface area contributed by atoms with E-state index < -0.39 is 5.83 Å². The molecule has 0 rings (SSSR count). The molecule has 0 atom stereocenters. The molecule has 0 nitrogen and oxygen atoms in total. The molecule has 0 aromatic carbocycles. The van der Waals surface area contributed by atoms with Gasteiger partial charge in [-0.1, -0.05) is 38.4 Å². The van der Waals surface area contributed by atoms with Crippen LogP contribution in [0.3, 0.4) is 0 Å². The number of hydrogen-bond donors (Lipinski definition) is 0. The van der Waals surface area contributed by atoms with Crippen molar-refractivity contribution in [3.63, 3.8) is 0 Å². The molecule has 0 radical (unpaired) electrons. The predicted molar refractivity (Wildman–Crippen MR) is 48.2 cm³/mol. The monoisotopic (exact) mass is 260 g/mol. The molecule has 0 amide bonds. The van der Waals surface area contributed by atoms with Gasteiger partial charge in [0, 0.05) is 0 Å². The van der Waals surface area contributed by atoms with Gasteiger partial charge in [-0.25, -0.2) is 0 Å². The third-order valence-corrected chi connectivity index (χ3v) is 1.60. The fourth-order valence-electron chi connectivity index (χ4n) is 0.931. The van der Waals surface area contributed by atoms with Crippen LogP contribution < -0.4 is 0 Å². The Morgan fingerprint density at radius 2 is 1.77 bits per heavy atom. The zero-order chi connectivity index (χ0) is 10.5. The number of hydrogen-bond acceptors (Lipinski definition) is 0. The fraction of sp³-hybridized carbons (Fsp3) is 0.778. The summed E-state index contributed by atoms with van der Waals surface area (Å²) in [5.41, 5.74) is 0. The summed E-state index contributed by atoms with van der Waals surface area (Å²) in [5, 5.41) is 0. The summed E-state index contributed by atoms with van der Waals surface area (Å²) >= 11 is 0.847. The summed E-state index contributed by atoms with van der Waals surface area (Å²) in [6, 6.07) is 0. The van der Waals surface area contributed by atoms with Crippen molar-refractivity contribution >= 4 is 9.69 Å². The molecule has 0 aliphatic carbocycles. The zero-order valence-corrected chi connectivity index (χ0v) is 11.8. The molecule has 0 aliphatic heterocycles. The number of allylic oxidation sites excluding steroid dienone is 1. The summed E-state index contributed by atoms with van der Waals surface area (Å²) < 4.78 is 23.4. The van der Waals surface area contributed by atoms with E-state index in [-0.39, 0.29) is 6.42 Å². The Kier molecular flexibility index (Phi) is 18.4. The second kappa shape index (κ2) is 15.0. The van der Waals surface area contributed by atoms with Crippen LogP contribution in [0.15, 0.2) is 5.83 Å². The van der Waals surface area contributed by atoms with Crippen LogP contribution in [-0.2, 0) is 17.3 Å². The van der Waals surface area contributed by atoms with Crippen LogP contribution in [-0.4, -0.2) is 0 Å². The maximum absolute atomic E-state index is 12.1. The third-order valence-electron chi connectivity index (χ3n) is 1.60. The summed E-state index contributed by atoms with van der Waals surface area (Å²) in [6.45, 7) is 2.12. The molecule has 4 heteroatoms. The van der Waals surface area contributed by atoms with Crippen LogP contribution in [0.4, 0.5) is 8.78 Å². The van der Waals surface area contributed by atoms with Crippen molar-refractivity contribution in [1.82, 2.24) is 0 Å². The Labute approximate surface area is 93.5 Å². The Morgan fingerprint density at radius 1 is 1.23 bits per heavy atom. The Hall–Kier alpha value is 0.513. The minimum atomic E-state index is -0.749.